The van der Waals surface area contributed by atoms with E-state index in [0.717, 1.165) is 62.9 Å². The zero-order chi connectivity index (χ0) is 20.9. The molecule has 0 amide bonds. The molecule has 6 nitrogen and oxygen atoms in total. The molecule has 1 aliphatic carbocycles. The van der Waals surface area contributed by atoms with E-state index in [0.29, 0.717) is 0 Å². The molecule has 6 rings (SSSR count). The molecule has 1 unspecified atom stereocenters. The maximum Gasteiger partial charge on any atom is 0.186 e. The van der Waals surface area contributed by atoms with E-state index in [9.17, 15) is 0 Å². The molecule has 1 atom stereocenters. The van der Waals surface area contributed by atoms with Crippen LogP contribution in [0.15, 0.2) is 18.2 Å². The van der Waals surface area contributed by atoms with Gasteiger partial charge in [-0.25, -0.2) is 4.98 Å². The monoisotopic (exact) mass is 436 g/mol. The van der Waals surface area contributed by atoms with E-state index >= 15 is 0 Å². The summed E-state index contributed by atoms with van der Waals surface area (Å²) in [4.78, 5) is 9.74. The van der Waals surface area contributed by atoms with Crippen LogP contribution in [0, 0.1) is 0 Å². The molecule has 162 valence electrons. The van der Waals surface area contributed by atoms with Gasteiger partial charge in [-0.1, -0.05) is 17.4 Å². The largest absolute Gasteiger partial charge is 0.378 e. The van der Waals surface area contributed by atoms with Crippen molar-refractivity contribution in [1.82, 2.24) is 9.55 Å². The first-order valence-corrected chi connectivity index (χ1v) is 11.9. The van der Waals surface area contributed by atoms with Crippen LogP contribution in [0.25, 0.3) is 22.4 Å². The Morgan fingerprint density at radius 2 is 2.03 bits per heavy atom. The zero-order valence-corrected chi connectivity index (χ0v) is 19.0. The first kappa shape index (κ1) is 19.3. The third kappa shape index (κ3) is 3.26. The van der Waals surface area contributed by atoms with E-state index < -0.39 is 0 Å². The second-order valence-electron chi connectivity index (χ2n) is 8.58. The van der Waals surface area contributed by atoms with Gasteiger partial charge in [-0.15, -0.1) is 0 Å². The van der Waals surface area contributed by atoms with Crippen molar-refractivity contribution in [1.29, 1.82) is 0 Å². The number of ether oxygens (including phenoxy) is 2. The van der Waals surface area contributed by atoms with E-state index in [-0.39, 0.29) is 6.10 Å². The van der Waals surface area contributed by atoms with E-state index in [4.69, 9.17) is 14.5 Å². The fourth-order valence-electron chi connectivity index (χ4n) is 5.13. The number of benzene rings is 1. The van der Waals surface area contributed by atoms with E-state index in [1.807, 2.05) is 0 Å². The number of rotatable bonds is 3. The summed E-state index contributed by atoms with van der Waals surface area (Å²) in [5, 5.41) is 3.84. The minimum absolute atomic E-state index is 0.182. The Morgan fingerprint density at radius 3 is 2.87 bits per heavy atom. The Kier molecular flexibility index (Phi) is 4.78. The Balaban J connectivity index is 1.33. The molecule has 0 bridgehead atoms. The molecule has 0 N–H and O–H groups in total. The van der Waals surface area contributed by atoms with Crippen molar-refractivity contribution >= 4 is 44.5 Å². The molecule has 1 saturated heterocycles. The summed E-state index contributed by atoms with van der Waals surface area (Å²) < 4.78 is 14.8. The van der Waals surface area contributed by atoms with Crippen molar-refractivity contribution in [2.24, 2.45) is 7.05 Å². The molecule has 0 saturated carbocycles. The van der Waals surface area contributed by atoms with Gasteiger partial charge in [-0.05, 0) is 36.3 Å². The van der Waals surface area contributed by atoms with Crippen molar-refractivity contribution in [2.45, 2.75) is 25.5 Å². The second-order valence-corrected chi connectivity index (χ2v) is 9.59. The van der Waals surface area contributed by atoms with Crippen LogP contribution in [-0.2, 0) is 29.5 Å². The summed E-state index contributed by atoms with van der Waals surface area (Å²) in [6.45, 7) is 5.42. The third-order valence-electron chi connectivity index (χ3n) is 6.89. The number of thiazole rings is 1. The molecule has 7 heteroatoms. The molecule has 0 radical (unpaired) electrons. The number of anilines is 2. The van der Waals surface area contributed by atoms with Crippen LogP contribution in [-0.4, -0.2) is 55.6 Å². The number of nitrogens with zero attached hydrogens (tertiary/aromatic N) is 4. The normalized spacial score (nSPS) is 20.9. The lowest BCUT2D eigenvalue weighted by Crippen LogP contribution is -2.36. The maximum atomic E-state index is 5.63. The van der Waals surface area contributed by atoms with Crippen molar-refractivity contribution in [2.75, 3.05) is 49.8 Å². The standard InChI is InChI=1S/C24H28N4O2S/c1-26-21-6-4-17(29-2)14-18(21)19-15-28(8-7-22(19)26)16-3-5-20-23(13-16)31-24(25-20)27-9-11-30-12-10-27/h3,5-6,13-14,17H,4,7-12,15H2,1-2H3. The highest BCUT2D eigenvalue weighted by Gasteiger charge is 2.24. The number of hydrogen-bond donors (Lipinski definition) is 0. The van der Waals surface area contributed by atoms with Crippen molar-refractivity contribution in [3.63, 3.8) is 0 Å². The van der Waals surface area contributed by atoms with Gasteiger partial charge in [-0.3, -0.25) is 0 Å². The average Bonchev–Trinajstić information content (AvgIpc) is 3.38. The average molecular weight is 437 g/mol. The number of hydrogen-bond acceptors (Lipinski definition) is 6. The van der Waals surface area contributed by atoms with Gasteiger partial charge in [-0.2, -0.15) is 0 Å². The number of methoxy groups -OCH3 is 1. The van der Waals surface area contributed by atoms with Crippen LogP contribution in [0.5, 0.6) is 0 Å². The maximum absolute atomic E-state index is 5.63. The molecule has 3 aromatic rings. The van der Waals surface area contributed by atoms with Gasteiger partial charge < -0.3 is 23.8 Å². The van der Waals surface area contributed by atoms with Crippen molar-refractivity contribution in [3.05, 3.63) is 40.0 Å². The van der Waals surface area contributed by atoms with Gasteiger partial charge in [0.25, 0.3) is 0 Å². The van der Waals surface area contributed by atoms with Crippen LogP contribution >= 0.6 is 11.3 Å². The summed E-state index contributed by atoms with van der Waals surface area (Å²) in [5.74, 6) is 0. The first-order chi connectivity index (χ1) is 15.2. The summed E-state index contributed by atoms with van der Waals surface area (Å²) in [7, 11) is 4.01. The minimum Gasteiger partial charge on any atom is -0.378 e. The smallest absolute Gasteiger partial charge is 0.186 e. The SMILES string of the molecule is COC1C=c2c3c(n(C)c2=CC1)CCN(c1ccc2nc(N4CCOCC4)sc2c1)C3. The lowest BCUT2D eigenvalue weighted by molar-refractivity contribution is 0.122. The summed E-state index contributed by atoms with van der Waals surface area (Å²) >= 11 is 1.80. The van der Waals surface area contributed by atoms with Crippen LogP contribution < -0.4 is 20.4 Å². The molecule has 1 fully saturated rings. The molecule has 2 aromatic heterocycles. The first-order valence-electron chi connectivity index (χ1n) is 11.1. The van der Waals surface area contributed by atoms with Crippen molar-refractivity contribution < 1.29 is 9.47 Å². The van der Waals surface area contributed by atoms with E-state index in [2.05, 4.69) is 51.8 Å². The number of aromatic nitrogens is 2. The van der Waals surface area contributed by atoms with E-state index in [1.165, 1.54) is 32.2 Å². The van der Waals surface area contributed by atoms with Crippen LogP contribution in [0.2, 0.25) is 0 Å². The van der Waals surface area contributed by atoms with Crippen LogP contribution in [0.4, 0.5) is 10.8 Å². The Labute approximate surface area is 186 Å². The van der Waals surface area contributed by atoms with Crippen molar-refractivity contribution in [3.8, 4) is 0 Å². The fraction of sp³-hybridized carbons (Fsp3) is 0.458. The molecular weight excluding hydrogens is 408 g/mol. The third-order valence-corrected chi connectivity index (χ3v) is 7.97. The Morgan fingerprint density at radius 1 is 1.16 bits per heavy atom. The molecule has 4 heterocycles. The van der Waals surface area contributed by atoms with Gasteiger partial charge in [0, 0.05) is 68.7 Å². The van der Waals surface area contributed by atoms with E-state index in [1.54, 1.807) is 18.4 Å². The molecule has 2 aliphatic heterocycles. The van der Waals surface area contributed by atoms with Crippen LogP contribution in [0.3, 0.4) is 0 Å². The number of fused-ring (bicyclic) bond motifs is 4. The molecule has 3 aliphatic rings. The lowest BCUT2D eigenvalue weighted by atomic mass is 10.0. The number of morpholine rings is 1. The summed E-state index contributed by atoms with van der Waals surface area (Å²) in [5.41, 5.74) is 5.31. The summed E-state index contributed by atoms with van der Waals surface area (Å²) in [6, 6.07) is 6.74. The van der Waals surface area contributed by atoms with Gasteiger partial charge in [0.15, 0.2) is 5.13 Å². The second kappa shape index (κ2) is 7.65. The quantitative estimate of drug-likeness (QED) is 0.629. The highest BCUT2D eigenvalue weighted by molar-refractivity contribution is 7.22. The minimum atomic E-state index is 0.182. The molecule has 31 heavy (non-hydrogen) atoms. The highest BCUT2D eigenvalue weighted by Crippen LogP contribution is 2.33. The zero-order valence-electron chi connectivity index (χ0n) is 18.1. The van der Waals surface area contributed by atoms with Gasteiger partial charge in [0.1, 0.15) is 0 Å². The van der Waals surface area contributed by atoms with Crippen LogP contribution in [0.1, 0.15) is 17.7 Å². The molecule has 0 spiro atoms. The predicted octanol–water partition coefficient (Wildman–Crippen LogP) is 2.01. The summed E-state index contributed by atoms with van der Waals surface area (Å²) in [6.07, 6.45) is 6.86. The van der Waals surface area contributed by atoms with Gasteiger partial charge in [0.2, 0.25) is 0 Å². The van der Waals surface area contributed by atoms with Gasteiger partial charge in [0.05, 0.1) is 29.5 Å². The Bertz CT molecular complexity index is 1250. The predicted molar refractivity (Wildman–Crippen MR) is 126 cm³/mol. The fourth-order valence-corrected chi connectivity index (χ4v) is 6.18. The highest BCUT2D eigenvalue weighted by atomic mass is 32.1. The Hall–Kier alpha value is -2.35. The lowest BCUT2D eigenvalue weighted by Gasteiger charge is -2.30. The molecular formula is C24H28N4O2S. The topological polar surface area (TPSA) is 42.8 Å². The molecule has 1 aromatic carbocycles. The van der Waals surface area contributed by atoms with Gasteiger partial charge >= 0.3 is 0 Å².